The highest BCUT2D eigenvalue weighted by Crippen LogP contribution is 2.22. The fourth-order valence-corrected chi connectivity index (χ4v) is 2.25. The highest BCUT2D eigenvalue weighted by molar-refractivity contribution is 5.49. The summed E-state index contributed by atoms with van der Waals surface area (Å²) in [6.07, 6.45) is 0.686. The van der Waals surface area contributed by atoms with Crippen molar-refractivity contribution in [2.45, 2.75) is 19.3 Å². The lowest BCUT2D eigenvalue weighted by Gasteiger charge is -2.15. The second-order valence-corrected chi connectivity index (χ2v) is 5.62. The third-order valence-electron chi connectivity index (χ3n) is 3.64. The molecule has 1 atom stereocenters. The average molecular weight is 294 g/mol. The molecule has 0 aliphatic rings. The standard InChI is InChI=1S/C19H22N2O/c1-15-7-9-16(10-8-15)17(14-20)11-12-22-19-6-4-5-18(13-19)21(2)3/h4-10,13,17H,11-12H2,1-3H3. The van der Waals surface area contributed by atoms with Crippen LogP contribution >= 0.6 is 0 Å². The van der Waals surface area contributed by atoms with Crippen LogP contribution in [-0.2, 0) is 0 Å². The summed E-state index contributed by atoms with van der Waals surface area (Å²) in [5.41, 5.74) is 3.36. The van der Waals surface area contributed by atoms with Crippen LogP contribution < -0.4 is 9.64 Å². The van der Waals surface area contributed by atoms with Gasteiger partial charge in [-0.05, 0) is 24.6 Å². The Labute approximate surface area is 132 Å². The van der Waals surface area contributed by atoms with E-state index in [4.69, 9.17) is 4.74 Å². The smallest absolute Gasteiger partial charge is 0.121 e. The molecule has 0 aliphatic heterocycles. The van der Waals surface area contributed by atoms with E-state index in [0.29, 0.717) is 13.0 Å². The Morgan fingerprint density at radius 3 is 2.50 bits per heavy atom. The van der Waals surface area contributed by atoms with Crippen molar-refractivity contribution in [2.75, 3.05) is 25.6 Å². The monoisotopic (exact) mass is 294 g/mol. The van der Waals surface area contributed by atoms with Gasteiger partial charge < -0.3 is 9.64 Å². The van der Waals surface area contributed by atoms with Gasteiger partial charge in [0.05, 0.1) is 18.6 Å². The largest absolute Gasteiger partial charge is 0.493 e. The van der Waals surface area contributed by atoms with Crippen molar-refractivity contribution in [1.29, 1.82) is 5.26 Å². The number of aryl methyl sites for hydroxylation is 1. The number of benzene rings is 2. The van der Waals surface area contributed by atoms with Gasteiger partial charge in [0.2, 0.25) is 0 Å². The van der Waals surface area contributed by atoms with E-state index >= 15 is 0 Å². The Kier molecular flexibility index (Phi) is 5.43. The van der Waals surface area contributed by atoms with Crippen LogP contribution in [0.15, 0.2) is 48.5 Å². The van der Waals surface area contributed by atoms with E-state index in [-0.39, 0.29) is 5.92 Å². The molecule has 2 aromatic carbocycles. The van der Waals surface area contributed by atoms with Crippen LogP contribution in [0.3, 0.4) is 0 Å². The molecule has 0 amide bonds. The van der Waals surface area contributed by atoms with Gasteiger partial charge in [-0.15, -0.1) is 0 Å². The van der Waals surface area contributed by atoms with E-state index in [2.05, 4.69) is 6.07 Å². The van der Waals surface area contributed by atoms with Gasteiger partial charge in [0.1, 0.15) is 5.75 Å². The summed E-state index contributed by atoms with van der Waals surface area (Å²) in [7, 11) is 4.00. The molecular weight excluding hydrogens is 272 g/mol. The fourth-order valence-electron chi connectivity index (χ4n) is 2.25. The van der Waals surface area contributed by atoms with Gasteiger partial charge >= 0.3 is 0 Å². The quantitative estimate of drug-likeness (QED) is 0.803. The van der Waals surface area contributed by atoms with E-state index in [9.17, 15) is 5.26 Å². The van der Waals surface area contributed by atoms with Crippen LogP contribution in [-0.4, -0.2) is 20.7 Å². The molecule has 0 saturated heterocycles. The van der Waals surface area contributed by atoms with Gasteiger partial charge in [-0.2, -0.15) is 5.26 Å². The number of rotatable bonds is 6. The number of anilines is 1. The zero-order chi connectivity index (χ0) is 15.9. The molecule has 3 nitrogen and oxygen atoms in total. The summed E-state index contributed by atoms with van der Waals surface area (Å²) in [4.78, 5) is 2.04. The minimum Gasteiger partial charge on any atom is -0.493 e. The summed E-state index contributed by atoms with van der Waals surface area (Å²) in [5, 5.41) is 9.35. The van der Waals surface area contributed by atoms with Crippen LogP contribution in [0.2, 0.25) is 0 Å². The molecule has 0 aromatic heterocycles. The minimum absolute atomic E-state index is 0.127. The number of hydrogen-bond acceptors (Lipinski definition) is 3. The molecule has 0 fully saturated rings. The molecule has 114 valence electrons. The van der Waals surface area contributed by atoms with Gasteiger partial charge in [-0.25, -0.2) is 0 Å². The third kappa shape index (κ3) is 4.26. The Balaban J connectivity index is 1.93. The summed E-state index contributed by atoms with van der Waals surface area (Å²) in [6, 6.07) is 18.5. The first-order chi connectivity index (χ1) is 10.6. The molecule has 2 aromatic rings. The lowest BCUT2D eigenvalue weighted by Crippen LogP contribution is -2.09. The summed E-state index contributed by atoms with van der Waals surface area (Å²) < 4.78 is 5.80. The highest BCUT2D eigenvalue weighted by atomic mass is 16.5. The third-order valence-corrected chi connectivity index (χ3v) is 3.64. The van der Waals surface area contributed by atoms with E-state index in [1.807, 2.05) is 74.4 Å². The molecule has 22 heavy (non-hydrogen) atoms. The van der Waals surface area contributed by atoms with Crippen molar-refractivity contribution in [1.82, 2.24) is 0 Å². The predicted octanol–water partition coefficient (Wildman–Crippen LogP) is 4.14. The van der Waals surface area contributed by atoms with Gasteiger partial charge in [-0.3, -0.25) is 0 Å². The molecule has 0 saturated carbocycles. The second kappa shape index (κ2) is 7.51. The Hall–Kier alpha value is -2.47. The zero-order valence-corrected chi connectivity index (χ0v) is 13.4. The predicted molar refractivity (Wildman–Crippen MR) is 90.4 cm³/mol. The SMILES string of the molecule is Cc1ccc(C(C#N)CCOc2cccc(N(C)C)c2)cc1. The summed E-state index contributed by atoms with van der Waals surface area (Å²) >= 11 is 0. The Morgan fingerprint density at radius 2 is 1.86 bits per heavy atom. The number of nitriles is 1. The maximum atomic E-state index is 9.35. The van der Waals surface area contributed by atoms with Crippen molar-refractivity contribution >= 4 is 5.69 Å². The number of nitrogens with zero attached hydrogens (tertiary/aromatic N) is 2. The van der Waals surface area contributed by atoms with Crippen LogP contribution in [0.4, 0.5) is 5.69 Å². The average Bonchev–Trinajstić information content (AvgIpc) is 2.53. The zero-order valence-electron chi connectivity index (χ0n) is 13.4. The van der Waals surface area contributed by atoms with E-state index in [1.54, 1.807) is 0 Å². The second-order valence-electron chi connectivity index (χ2n) is 5.62. The molecule has 1 unspecified atom stereocenters. The molecule has 0 N–H and O–H groups in total. The van der Waals surface area contributed by atoms with Gasteiger partial charge in [0, 0.05) is 32.3 Å². The van der Waals surface area contributed by atoms with Gasteiger partial charge in [-0.1, -0.05) is 35.9 Å². The van der Waals surface area contributed by atoms with E-state index in [1.165, 1.54) is 5.56 Å². The summed E-state index contributed by atoms with van der Waals surface area (Å²) in [6.45, 7) is 2.58. The normalized spacial score (nSPS) is 11.5. The van der Waals surface area contributed by atoms with Crippen LogP contribution in [0.25, 0.3) is 0 Å². The lowest BCUT2D eigenvalue weighted by atomic mass is 9.97. The molecule has 3 heteroatoms. The first kappa shape index (κ1) is 15.9. The molecule has 0 aliphatic carbocycles. The van der Waals surface area contributed by atoms with Crippen molar-refractivity contribution in [3.05, 3.63) is 59.7 Å². The van der Waals surface area contributed by atoms with Crippen LogP contribution in [0, 0.1) is 18.3 Å². The molecule has 0 spiro atoms. The summed E-state index contributed by atoms with van der Waals surface area (Å²) in [5.74, 6) is 0.712. The van der Waals surface area contributed by atoms with Crippen LogP contribution in [0.5, 0.6) is 5.75 Å². The highest BCUT2D eigenvalue weighted by Gasteiger charge is 2.10. The Morgan fingerprint density at radius 1 is 1.14 bits per heavy atom. The first-order valence-electron chi connectivity index (χ1n) is 7.46. The number of ether oxygens (including phenoxy) is 1. The van der Waals surface area contributed by atoms with Gasteiger partial charge in [0.15, 0.2) is 0 Å². The van der Waals surface area contributed by atoms with Gasteiger partial charge in [0.25, 0.3) is 0 Å². The Bertz CT molecular complexity index is 641. The topological polar surface area (TPSA) is 36.3 Å². The van der Waals surface area contributed by atoms with Crippen molar-refractivity contribution < 1.29 is 4.74 Å². The van der Waals surface area contributed by atoms with Crippen molar-refractivity contribution in [3.63, 3.8) is 0 Å². The maximum Gasteiger partial charge on any atom is 0.121 e. The van der Waals surface area contributed by atoms with E-state index in [0.717, 1.165) is 17.0 Å². The minimum atomic E-state index is -0.127. The first-order valence-corrected chi connectivity index (χ1v) is 7.46. The van der Waals surface area contributed by atoms with Crippen LogP contribution in [0.1, 0.15) is 23.5 Å². The lowest BCUT2D eigenvalue weighted by molar-refractivity contribution is 0.306. The molecule has 0 heterocycles. The maximum absolute atomic E-state index is 9.35. The molecule has 2 rings (SSSR count). The van der Waals surface area contributed by atoms with Crippen molar-refractivity contribution in [2.24, 2.45) is 0 Å². The molecular formula is C19H22N2O. The molecule has 0 radical (unpaired) electrons. The number of hydrogen-bond donors (Lipinski definition) is 0. The molecule has 0 bridgehead atoms. The van der Waals surface area contributed by atoms with E-state index < -0.39 is 0 Å². The fraction of sp³-hybridized carbons (Fsp3) is 0.316. The van der Waals surface area contributed by atoms with Crippen molar-refractivity contribution in [3.8, 4) is 11.8 Å².